The molecule has 1 rings (SSSR count). The second-order valence-corrected chi connectivity index (χ2v) is 6.06. The Labute approximate surface area is 131 Å². The average molecular weight is 393 g/mol. The van der Waals surface area contributed by atoms with E-state index < -0.39 is 0 Å². The van der Waals surface area contributed by atoms with Gasteiger partial charge in [-0.3, -0.25) is 4.79 Å². The lowest BCUT2D eigenvalue weighted by Crippen LogP contribution is -2.26. The van der Waals surface area contributed by atoms with Crippen molar-refractivity contribution in [3.05, 3.63) is 28.2 Å². The quantitative estimate of drug-likeness (QED) is 0.518. The molecule has 1 aromatic carbocycles. The summed E-state index contributed by atoms with van der Waals surface area (Å²) in [5.74, 6) is 0.978. The van der Waals surface area contributed by atoms with Gasteiger partial charge in [-0.15, -0.1) is 0 Å². The Morgan fingerprint density at radius 3 is 2.74 bits per heavy atom. The summed E-state index contributed by atoms with van der Waals surface area (Å²) >= 11 is 6.81. The van der Waals surface area contributed by atoms with Gasteiger partial charge in [-0.2, -0.15) is 0 Å². The molecule has 0 aliphatic heterocycles. The van der Waals surface area contributed by atoms with Crippen molar-refractivity contribution < 1.29 is 9.53 Å². The number of unbranched alkanes of at least 4 members (excludes halogenated alkanes) is 1. The number of amides is 1. The van der Waals surface area contributed by atoms with Crippen LogP contribution in [0, 0.1) is 0 Å². The van der Waals surface area contributed by atoms with Gasteiger partial charge >= 0.3 is 0 Å². The Hall–Kier alpha value is -0.550. The highest BCUT2D eigenvalue weighted by Crippen LogP contribution is 2.24. The Balaban J connectivity index is 2.62. The maximum absolute atomic E-state index is 12.0. The Bertz CT molecular complexity index is 424. The summed E-state index contributed by atoms with van der Waals surface area (Å²) in [5, 5.41) is 0.948. The third-order valence-electron chi connectivity index (χ3n) is 2.85. The summed E-state index contributed by atoms with van der Waals surface area (Å²) in [4.78, 5) is 13.7. The summed E-state index contributed by atoms with van der Waals surface area (Å²) < 4.78 is 6.30. The predicted octanol–water partition coefficient (Wildman–Crippen LogP) is 3.98. The molecule has 0 aliphatic rings. The van der Waals surface area contributed by atoms with Crippen LogP contribution in [0.15, 0.2) is 22.7 Å². The molecule has 0 saturated heterocycles. The van der Waals surface area contributed by atoms with Gasteiger partial charge in [0.1, 0.15) is 5.75 Å². The van der Waals surface area contributed by atoms with Crippen molar-refractivity contribution in [1.82, 2.24) is 4.90 Å². The molecule has 0 spiro atoms. The molecule has 106 valence electrons. The first kappa shape index (κ1) is 16.5. The monoisotopic (exact) mass is 391 g/mol. The van der Waals surface area contributed by atoms with E-state index in [1.165, 1.54) is 0 Å². The van der Waals surface area contributed by atoms with Crippen molar-refractivity contribution in [1.29, 1.82) is 0 Å². The van der Waals surface area contributed by atoms with Crippen molar-refractivity contribution in [3.8, 4) is 5.75 Å². The van der Waals surface area contributed by atoms with Crippen LogP contribution in [-0.2, 0) is 11.3 Å². The molecule has 0 unspecified atom stereocenters. The first-order valence-corrected chi connectivity index (χ1v) is 8.12. The van der Waals surface area contributed by atoms with Crippen LogP contribution in [0.25, 0.3) is 0 Å². The molecule has 0 N–H and O–H groups in total. The molecule has 1 aromatic rings. The van der Waals surface area contributed by atoms with Crippen molar-refractivity contribution in [3.63, 3.8) is 0 Å². The first-order valence-electron chi connectivity index (χ1n) is 6.20. The van der Waals surface area contributed by atoms with Gasteiger partial charge in [0.2, 0.25) is 5.91 Å². The minimum absolute atomic E-state index is 0.169. The van der Waals surface area contributed by atoms with Gasteiger partial charge in [-0.25, -0.2) is 0 Å². The molecule has 0 fully saturated rings. The zero-order valence-electron chi connectivity index (χ0n) is 11.3. The SMILES string of the molecule is COc1ccc(Br)cc1CN(C)C(=O)CCCCBr. The fourth-order valence-corrected chi connectivity index (χ4v) is 2.58. The molecule has 0 aromatic heterocycles. The fraction of sp³-hybridized carbons (Fsp3) is 0.500. The van der Waals surface area contributed by atoms with E-state index in [9.17, 15) is 4.79 Å². The number of ether oxygens (including phenoxy) is 1. The largest absolute Gasteiger partial charge is 0.496 e. The molecule has 0 heterocycles. The Kier molecular flexibility index (Phi) is 7.46. The van der Waals surface area contributed by atoms with Crippen molar-refractivity contribution in [2.45, 2.75) is 25.8 Å². The first-order chi connectivity index (χ1) is 9.08. The maximum Gasteiger partial charge on any atom is 0.222 e. The second kappa shape index (κ2) is 8.59. The van der Waals surface area contributed by atoms with E-state index in [1.807, 2.05) is 25.2 Å². The number of nitrogens with zero attached hydrogens (tertiary/aromatic N) is 1. The van der Waals surface area contributed by atoms with Gasteiger partial charge in [0, 0.05) is 35.4 Å². The number of carbonyl (C=O) groups is 1. The topological polar surface area (TPSA) is 29.5 Å². The van der Waals surface area contributed by atoms with E-state index >= 15 is 0 Å². The van der Waals surface area contributed by atoms with E-state index in [1.54, 1.807) is 12.0 Å². The van der Waals surface area contributed by atoms with Crippen LogP contribution in [0.4, 0.5) is 0 Å². The Morgan fingerprint density at radius 1 is 1.37 bits per heavy atom. The lowest BCUT2D eigenvalue weighted by Gasteiger charge is -2.19. The highest BCUT2D eigenvalue weighted by Gasteiger charge is 2.12. The van der Waals surface area contributed by atoms with Crippen LogP contribution in [0.5, 0.6) is 5.75 Å². The molecule has 0 aliphatic carbocycles. The highest BCUT2D eigenvalue weighted by atomic mass is 79.9. The number of alkyl halides is 1. The standard InChI is InChI=1S/C14H19Br2NO2/c1-17(14(18)5-3-4-8-15)10-11-9-12(16)6-7-13(11)19-2/h6-7,9H,3-5,8,10H2,1-2H3. The minimum atomic E-state index is 0.169. The summed E-state index contributed by atoms with van der Waals surface area (Å²) in [5.41, 5.74) is 1.01. The van der Waals surface area contributed by atoms with Crippen LogP contribution >= 0.6 is 31.9 Å². The molecular formula is C14H19Br2NO2. The number of carbonyl (C=O) groups excluding carboxylic acids is 1. The van der Waals surface area contributed by atoms with Crippen molar-refractivity contribution in [2.75, 3.05) is 19.5 Å². The molecule has 5 heteroatoms. The number of benzene rings is 1. The second-order valence-electron chi connectivity index (χ2n) is 4.35. The molecular weight excluding hydrogens is 374 g/mol. The van der Waals surface area contributed by atoms with Crippen LogP contribution < -0.4 is 4.74 Å². The van der Waals surface area contributed by atoms with Gasteiger partial charge in [0.25, 0.3) is 0 Å². The normalized spacial score (nSPS) is 10.3. The molecule has 1 amide bonds. The minimum Gasteiger partial charge on any atom is -0.496 e. The van der Waals surface area contributed by atoms with E-state index in [4.69, 9.17) is 4.74 Å². The third-order valence-corrected chi connectivity index (χ3v) is 3.90. The van der Waals surface area contributed by atoms with Gasteiger partial charge in [-0.1, -0.05) is 31.9 Å². The lowest BCUT2D eigenvalue weighted by atomic mass is 10.1. The predicted molar refractivity (Wildman–Crippen MR) is 84.8 cm³/mol. The number of rotatable bonds is 7. The molecule has 0 bridgehead atoms. The van der Waals surface area contributed by atoms with Gasteiger partial charge in [-0.05, 0) is 31.0 Å². The van der Waals surface area contributed by atoms with Crippen molar-refractivity contribution in [2.24, 2.45) is 0 Å². The third kappa shape index (κ3) is 5.53. The average Bonchev–Trinajstić information content (AvgIpc) is 2.39. The molecule has 0 radical (unpaired) electrons. The highest BCUT2D eigenvalue weighted by molar-refractivity contribution is 9.10. The molecule has 0 atom stereocenters. The maximum atomic E-state index is 12.0. The molecule has 19 heavy (non-hydrogen) atoms. The van der Waals surface area contributed by atoms with Crippen LogP contribution in [0.1, 0.15) is 24.8 Å². The number of halogens is 2. The molecule has 3 nitrogen and oxygen atoms in total. The van der Waals surface area contributed by atoms with Gasteiger partial charge < -0.3 is 9.64 Å². The van der Waals surface area contributed by atoms with E-state index in [-0.39, 0.29) is 5.91 Å². The number of hydrogen-bond acceptors (Lipinski definition) is 2. The Morgan fingerprint density at radius 2 is 2.11 bits per heavy atom. The lowest BCUT2D eigenvalue weighted by molar-refractivity contribution is -0.130. The van der Waals surface area contributed by atoms with Gasteiger partial charge in [0.15, 0.2) is 0 Å². The summed E-state index contributed by atoms with van der Waals surface area (Å²) in [7, 11) is 3.47. The van der Waals surface area contributed by atoms with Crippen LogP contribution in [0.3, 0.4) is 0 Å². The van der Waals surface area contributed by atoms with E-state index in [2.05, 4.69) is 31.9 Å². The zero-order valence-corrected chi connectivity index (χ0v) is 14.5. The summed E-state index contributed by atoms with van der Waals surface area (Å²) in [6, 6.07) is 5.82. The van der Waals surface area contributed by atoms with Crippen LogP contribution in [0.2, 0.25) is 0 Å². The summed E-state index contributed by atoms with van der Waals surface area (Å²) in [6.07, 6.45) is 2.54. The van der Waals surface area contributed by atoms with E-state index in [0.29, 0.717) is 13.0 Å². The smallest absolute Gasteiger partial charge is 0.222 e. The molecule has 0 saturated carbocycles. The van der Waals surface area contributed by atoms with Crippen LogP contribution in [-0.4, -0.2) is 30.3 Å². The van der Waals surface area contributed by atoms with E-state index in [0.717, 1.165) is 34.0 Å². The zero-order chi connectivity index (χ0) is 14.3. The van der Waals surface area contributed by atoms with Gasteiger partial charge in [0.05, 0.1) is 7.11 Å². The summed E-state index contributed by atoms with van der Waals surface area (Å²) in [6.45, 7) is 0.565. The number of methoxy groups -OCH3 is 1. The fourth-order valence-electron chi connectivity index (χ4n) is 1.78. The van der Waals surface area contributed by atoms with Crippen molar-refractivity contribution >= 4 is 37.8 Å². The number of hydrogen-bond donors (Lipinski definition) is 0.